The zero-order valence-corrected chi connectivity index (χ0v) is 12.7. The van der Waals surface area contributed by atoms with E-state index >= 15 is 0 Å². The molecular formula is C11H14BrF2NO3S. The maximum atomic E-state index is 13.1. The first-order chi connectivity index (χ1) is 8.93. The molecule has 0 aliphatic heterocycles. The van der Waals surface area contributed by atoms with Gasteiger partial charge in [0.05, 0.1) is 11.5 Å². The highest BCUT2D eigenvalue weighted by molar-refractivity contribution is 9.09. The Morgan fingerprint density at radius 1 is 1.26 bits per heavy atom. The molecule has 8 heteroatoms. The van der Waals surface area contributed by atoms with Crippen LogP contribution in [-0.2, 0) is 14.8 Å². The van der Waals surface area contributed by atoms with Crippen LogP contribution < -0.4 is 0 Å². The lowest BCUT2D eigenvalue weighted by atomic mass is 10.3. The molecule has 108 valence electrons. The van der Waals surface area contributed by atoms with Crippen LogP contribution in [0, 0.1) is 11.6 Å². The number of alkyl halides is 1. The molecule has 1 rings (SSSR count). The quantitative estimate of drug-likeness (QED) is 0.701. The summed E-state index contributed by atoms with van der Waals surface area (Å²) < 4.78 is 56.4. The molecule has 0 spiro atoms. The number of methoxy groups -OCH3 is 1. The van der Waals surface area contributed by atoms with E-state index in [2.05, 4.69) is 15.9 Å². The molecule has 0 saturated heterocycles. The summed E-state index contributed by atoms with van der Waals surface area (Å²) in [5, 5.41) is 0.430. The van der Waals surface area contributed by atoms with Crippen molar-refractivity contribution in [2.24, 2.45) is 0 Å². The second-order valence-electron chi connectivity index (χ2n) is 3.66. The predicted molar refractivity (Wildman–Crippen MR) is 70.8 cm³/mol. The Balaban J connectivity index is 3.07. The standard InChI is InChI=1S/C11H14BrF2NO3S/c1-18-7-6-15(5-4-12)19(16,17)9-2-3-10(13)11(14)8-9/h2-3,8H,4-7H2,1H3. The number of ether oxygens (including phenoxy) is 1. The van der Waals surface area contributed by atoms with Crippen molar-refractivity contribution >= 4 is 26.0 Å². The number of hydrogen-bond acceptors (Lipinski definition) is 3. The fraction of sp³-hybridized carbons (Fsp3) is 0.455. The molecule has 1 aromatic rings. The molecule has 0 N–H and O–H groups in total. The van der Waals surface area contributed by atoms with Crippen LogP contribution in [0.5, 0.6) is 0 Å². The molecule has 0 atom stereocenters. The first-order valence-corrected chi connectivity index (χ1v) is 7.99. The van der Waals surface area contributed by atoms with Crippen LogP contribution in [0.3, 0.4) is 0 Å². The monoisotopic (exact) mass is 357 g/mol. The Labute approximate surface area is 119 Å². The van der Waals surface area contributed by atoms with Gasteiger partial charge in [-0.3, -0.25) is 0 Å². The number of sulfonamides is 1. The number of hydrogen-bond donors (Lipinski definition) is 0. The van der Waals surface area contributed by atoms with Crippen molar-refractivity contribution in [1.82, 2.24) is 4.31 Å². The summed E-state index contributed by atoms with van der Waals surface area (Å²) in [7, 11) is -2.40. The molecule has 0 heterocycles. The number of benzene rings is 1. The molecule has 0 amide bonds. The summed E-state index contributed by atoms with van der Waals surface area (Å²) in [5.74, 6) is -2.27. The first kappa shape index (κ1) is 16.5. The fourth-order valence-electron chi connectivity index (χ4n) is 1.43. The van der Waals surface area contributed by atoms with Gasteiger partial charge in [0.25, 0.3) is 0 Å². The summed E-state index contributed by atoms with van der Waals surface area (Å²) in [6.45, 7) is 0.573. The molecule has 19 heavy (non-hydrogen) atoms. The van der Waals surface area contributed by atoms with Crippen LogP contribution in [-0.4, -0.2) is 44.9 Å². The maximum Gasteiger partial charge on any atom is 0.243 e. The highest BCUT2D eigenvalue weighted by Crippen LogP contribution is 2.18. The first-order valence-electron chi connectivity index (χ1n) is 5.43. The normalized spacial score (nSPS) is 12.1. The van der Waals surface area contributed by atoms with Crippen LogP contribution in [0.2, 0.25) is 0 Å². The van der Waals surface area contributed by atoms with Crippen molar-refractivity contribution in [1.29, 1.82) is 0 Å². The van der Waals surface area contributed by atoms with Crippen LogP contribution >= 0.6 is 15.9 Å². The number of halogens is 3. The van der Waals surface area contributed by atoms with Crippen LogP contribution in [0.15, 0.2) is 23.1 Å². The van der Waals surface area contributed by atoms with Crippen LogP contribution in [0.1, 0.15) is 0 Å². The molecule has 0 aliphatic carbocycles. The van der Waals surface area contributed by atoms with Gasteiger partial charge in [0, 0.05) is 25.5 Å². The largest absolute Gasteiger partial charge is 0.383 e. The second kappa shape index (κ2) is 7.28. The van der Waals surface area contributed by atoms with Gasteiger partial charge in [-0.2, -0.15) is 4.31 Å². The molecule has 0 unspecified atom stereocenters. The van der Waals surface area contributed by atoms with Crippen molar-refractivity contribution in [3.63, 3.8) is 0 Å². The van der Waals surface area contributed by atoms with Gasteiger partial charge >= 0.3 is 0 Å². The van der Waals surface area contributed by atoms with Gasteiger partial charge in [0.1, 0.15) is 0 Å². The zero-order valence-electron chi connectivity index (χ0n) is 10.3. The van der Waals surface area contributed by atoms with Crippen molar-refractivity contribution in [2.75, 3.05) is 32.1 Å². The summed E-state index contributed by atoms with van der Waals surface area (Å²) in [6, 6.07) is 2.52. The van der Waals surface area contributed by atoms with Crippen molar-refractivity contribution in [3.05, 3.63) is 29.8 Å². The van der Waals surface area contributed by atoms with E-state index in [4.69, 9.17) is 4.74 Å². The molecule has 0 bridgehead atoms. The fourth-order valence-corrected chi connectivity index (χ4v) is 3.53. The Bertz CT molecular complexity index is 525. The van der Waals surface area contributed by atoms with Crippen molar-refractivity contribution < 1.29 is 21.9 Å². The summed E-state index contributed by atoms with van der Waals surface area (Å²) in [6.07, 6.45) is 0. The average molecular weight is 358 g/mol. The van der Waals surface area contributed by atoms with Gasteiger partial charge in [-0.25, -0.2) is 17.2 Å². The minimum Gasteiger partial charge on any atom is -0.383 e. The molecule has 0 aromatic heterocycles. The average Bonchev–Trinajstić information content (AvgIpc) is 2.37. The van der Waals surface area contributed by atoms with Crippen molar-refractivity contribution in [3.8, 4) is 0 Å². The third-order valence-electron chi connectivity index (χ3n) is 2.41. The molecule has 0 radical (unpaired) electrons. The van der Waals surface area contributed by atoms with Crippen LogP contribution in [0.4, 0.5) is 8.78 Å². The Morgan fingerprint density at radius 3 is 2.47 bits per heavy atom. The Hall–Kier alpha value is -0.570. The van der Waals surface area contributed by atoms with E-state index in [0.717, 1.165) is 16.4 Å². The van der Waals surface area contributed by atoms with Gasteiger partial charge < -0.3 is 4.74 Å². The third kappa shape index (κ3) is 4.20. The van der Waals surface area contributed by atoms with E-state index in [9.17, 15) is 17.2 Å². The van der Waals surface area contributed by atoms with E-state index in [-0.39, 0.29) is 24.6 Å². The second-order valence-corrected chi connectivity index (χ2v) is 6.39. The summed E-state index contributed by atoms with van der Waals surface area (Å²) in [4.78, 5) is -0.275. The van der Waals surface area contributed by atoms with Gasteiger partial charge in [-0.15, -0.1) is 0 Å². The number of rotatable bonds is 7. The van der Waals surface area contributed by atoms with Gasteiger partial charge in [0.2, 0.25) is 10.0 Å². The molecular weight excluding hydrogens is 344 g/mol. The van der Waals surface area contributed by atoms with Gasteiger partial charge in [0.15, 0.2) is 11.6 Å². The molecule has 0 saturated carbocycles. The smallest absolute Gasteiger partial charge is 0.243 e. The Morgan fingerprint density at radius 2 is 1.95 bits per heavy atom. The van der Waals surface area contributed by atoms with E-state index in [0.29, 0.717) is 11.4 Å². The molecule has 0 fully saturated rings. The highest BCUT2D eigenvalue weighted by atomic mass is 79.9. The van der Waals surface area contributed by atoms with E-state index in [1.807, 2.05) is 0 Å². The highest BCUT2D eigenvalue weighted by Gasteiger charge is 2.24. The predicted octanol–water partition coefficient (Wildman–Crippen LogP) is 2.00. The zero-order chi connectivity index (χ0) is 14.5. The lowest BCUT2D eigenvalue weighted by Crippen LogP contribution is -2.35. The Kier molecular flexibility index (Phi) is 6.31. The summed E-state index contributed by atoms with van der Waals surface area (Å²) >= 11 is 3.15. The number of nitrogens with zero attached hydrogens (tertiary/aromatic N) is 1. The van der Waals surface area contributed by atoms with Crippen molar-refractivity contribution in [2.45, 2.75) is 4.90 Å². The van der Waals surface area contributed by atoms with E-state index in [1.165, 1.54) is 7.11 Å². The molecule has 4 nitrogen and oxygen atoms in total. The summed E-state index contributed by atoms with van der Waals surface area (Å²) in [5.41, 5.74) is 0. The lowest BCUT2D eigenvalue weighted by Gasteiger charge is -2.20. The van der Waals surface area contributed by atoms with Gasteiger partial charge in [-0.05, 0) is 18.2 Å². The van der Waals surface area contributed by atoms with Crippen LogP contribution in [0.25, 0.3) is 0 Å². The van der Waals surface area contributed by atoms with E-state index in [1.54, 1.807) is 0 Å². The third-order valence-corrected chi connectivity index (χ3v) is 4.66. The topological polar surface area (TPSA) is 46.6 Å². The maximum absolute atomic E-state index is 13.1. The van der Waals surface area contributed by atoms with Gasteiger partial charge in [-0.1, -0.05) is 15.9 Å². The molecule has 1 aromatic carbocycles. The minimum absolute atomic E-state index is 0.142. The minimum atomic E-state index is -3.86. The SMILES string of the molecule is COCCN(CCBr)S(=O)(=O)c1ccc(F)c(F)c1. The lowest BCUT2D eigenvalue weighted by molar-refractivity contribution is 0.180. The molecule has 0 aliphatic rings. The van der Waals surface area contributed by atoms with E-state index < -0.39 is 21.7 Å².